The first-order valence-electron chi connectivity index (χ1n) is 9.43. The molecule has 0 N–H and O–H groups in total. The predicted octanol–water partition coefficient (Wildman–Crippen LogP) is 6.28. The van der Waals surface area contributed by atoms with Gasteiger partial charge in [-0.1, -0.05) is 72.1 Å². The maximum atomic E-state index is 11.7. The molecule has 21 heavy (non-hydrogen) atoms. The molecule has 1 aliphatic carbocycles. The van der Waals surface area contributed by atoms with Crippen LogP contribution in [0.3, 0.4) is 0 Å². The van der Waals surface area contributed by atoms with E-state index in [0.29, 0.717) is 12.3 Å². The minimum Gasteiger partial charge on any atom is -0.462 e. The summed E-state index contributed by atoms with van der Waals surface area (Å²) in [5.41, 5.74) is 0. The highest BCUT2D eigenvalue weighted by molar-refractivity contribution is 5.69. The highest BCUT2D eigenvalue weighted by Crippen LogP contribution is 2.29. The molecule has 2 nitrogen and oxygen atoms in total. The van der Waals surface area contributed by atoms with Crippen molar-refractivity contribution in [3.05, 3.63) is 0 Å². The van der Waals surface area contributed by atoms with E-state index < -0.39 is 0 Å². The number of unbranched alkanes of at least 4 members (excludes halogenated alkanes) is 6. The monoisotopic (exact) mass is 298 g/mol. The highest BCUT2D eigenvalue weighted by atomic mass is 16.5. The van der Waals surface area contributed by atoms with Crippen molar-refractivity contribution in [2.45, 2.75) is 111 Å². The van der Waals surface area contributed by atoms with Crippen molar-refractivity contribution in [1.29, 1.82) is 0 Å². The number of ether oxygens (including phenoxy) is 1. The molecule has 1 fully saturated rings. The number of hydrogen-bond donors (Lipinski definition) is 0. The summed E-state index contributed by atoms with van der Waals surface area (Å²) in [7, 11) is 0. The van der Waals surface area contributed by atoms with Gasteiger partial charge in [-0.25, -0.2) is 0 Å². The van der Waals surface area contributed by atoms with Crippen LogP contribution in [0, 0.1) is 5.92 Å². The Morgan fingerprint density at radius 2 is 1.52 bits per heavy atom. The average molecular weight is 299 g/mol. The van der Waals surface area contributed by atoms with Crippen LogP contribution in [0.15, 0.2) is 0 Å². The summed E-state index contributed by atoms with van der Waals surface area (Å²) < 4.78 is 5.54. The lowest BCUT2D eigenvalue weighted by Gasteiger charge is -2.19. The second-order valence-electron chi connectivity index (χ2n) is 6.11. The zero-order valence-electron chi connectivity index (χ0n) is 15.0. The lowest BCUT2D eigenvalue weighted by molar-refractivity contribution is -0.150. The van der Waals surface area contributed by atoms with Crippen LogP contribution in [0.5, 0.6) is 0 Å². The molecular formula is C19H38O2. The molecule has 1 atom stereocenters. The van der Waals surface area contributed by atoms with Gasteiger partial charge in [0.2, 0.25) is 0 Å². The van der Waals surface area contributed by atoms with E-state index in [4.69, 9.17) is 4.74 Å². The molecule has 0 aliphatic heterocycles. The minimum absolute atomic E-state index is 0.0213. The first-order chi connectivity index (χ1) is 10.2. The van der Waals surface area contributed by atoms with Crippen LogP contribution in [-0.2, 0) is 9.53 Å². The zero-order valence-corrected chi connectivity index (χ0v) is 15.0. The van der Waals surface area contributed by atoms with Crippen molar-refractivity contribution in [2.75, 3.05) is 0 Å². The van der Waals surface area contributed by atoms with Gasteiger partial charge in [-0.2, -0.15) is 0 Å². The van der Waals surface area contributed by atoms with Crippen LogP contribution in [0.1, 0.15) is 105 Å². The van der Waals surface area contributed by atoms with Gasteiger partial charge in [0.25, 0.3) is 0 Å². The van der Waals surface area contributed by atoms with E-state index in [0.717, 1.165) is 6.42 Å². The molecule has 2 heteroatoms. The second-order valence-corrected chi connectivity index (χ2v) is 6.11. The summed E-state index contributed by atoms with van der Waals surface area (Å²) in [6, 6.07) is 0. The standard InChI is InChI=1S/C17H32O2.C2H6/c1-3-4-5-6-7-8-9-14-17(18)19-15(2)16-12-10-11-13-16;1-2/h15-16H,3-14H2,1-2H3;1-2H3. The summed E-state index contributed by atoms with van der Waals surface area (Å²) in [5, 5.41) is 0. The average Bonchev–Trinajstić information content (AvgIpc) is 3.03. The third-order valence-corrected chi connectivity index (χ3v) is 4.37. The molecule has 0 heterocycles. The molecule has 0 aromatic heterocycles. The first kappa shape index (κ1) is 20.5. The normalized spacial score (nSPS) is 16.2. The third kappa shape index (κ3) is 10.8. The Bertz CT molecular complexity index is 232. The number of carbonyl (C=O) groups excluding carboxylic acids is 1. The number of hydrogen-bond acceptors (Lipinski definition) is 2. The molecule has 0 aromatic carbocycles. The summed E-state index contributed by atoms with van der Waals surface area (Å²) in [6.07, 6.45) is 14.6. The smallest absolute Gasteiger partial charge is 0.306 e. The first-order valence-corrected chi connectivity index (χ1v) is 9.43. The van der Waals surface area contributed by atoms with Crippen molar-refractivity contribution in [3.63, 3.8) is 0 Å². The van der Waals surface area contributed by atoms with Crippen molar-refractivity contribution in [3.8, 4) is 0 Å². The van der Waals surface area contributed by atoms with E-state index in [2.05, 4.69) is 13.8 Å². The second kappa shape index (κ2) is 14.4. The molecule has 1 unspecified atom stereocenters. The van der Waals surface area contributed by atoms with Crippen molar-refractivity contribution in [1.82, 2.24) is 0 Å². The predicted molar refractivity (Wildman–Crippen MR) is 91.5 cm³/mol. The molecule has 1 saturated carbocycles. The Hall–Kier alpha value is -0.530. The molecule has 126 valence electrons. The molecule has 1 rings (SSSR count). The number of rotatable bonds is 10. The van der Waals surface area contributed by atoms with Crippen LogP contribution < -0.4 is 0 Å². The van der Waals surface area contributed by atoms with Crippen molar-refractivity contribution >= 4 is 5.97 Å². The Morgan fingerprint density at radius 1 is 1.00 bits per heavy atom. The van der Waals surface area contributed by atoms with Crippen LogP contribution in [0.25, 0.3) is 0 Å². The fourth-order valence-electron chi connectivity index (χ4n) is 3.02. The van der Waals surface area contributed by atoms with Crippen molar-refractivity contribution in [2.24, 2.45) is 5.92 Å². The van der Waals surface area contributed by atoms with Gasteiger partial charge in [0, 0.05) is 6.42 Å². The van der Waals surface area contributed by atoms with E-state index in [1.807, 2.05) is 13.8 Å². The molecule has 0 amide bonds. The highest BCUT2D eigenvalue weighted by Gasteiger charge is 2.24. The zero-order chi connectivity index (χ0) is 15.9. The van der Waals surface area contributed by atoms with Crippen LogP contribution in [0.2, 0.25) is 0 Å². The fraction of sp³-hybridized carbons (Fsp3) is 0.947. The van der Waals surface area contributed by atoms with Crippen LogP contribution >= 0.6 is 0 Å². The third-order valence-electron chi connectivity index (χ3n) is 4.37. The van der Waals surface area contributed by atoms with Gasteiger partial charge in [-0.3, -0.25) is 4.79 Å². The summed E-state index contributed by atoms with van der Waals surface area (Å²) in [4.78, 5) is 11.7. The van der Waals surface area contributed by atoms with Gasteiger partial charge in [-0.05, 0) is 32.1 Å². The van der Waals surface area contributed by atoms with E-state index in [1.165, 1.54) is 64.2 Å². The van der Waals surface area contributed by atoms with Crippen molar-refractivity contribution < 1.29 is 9.53 Å². The molecule has 0 radical (unpaired) electrons. The van der Waals surface area contributed by atoms with Gasteiger partial charge in [0.05, 0.1) is 0 Å². The lowest BCUT2D eigenvalue weighted by Crippen LogP contribution is -2.22. The molecule has 0 saturated heterocycles. The fourth-order valence-corrected chi connectivity index (χ4v) is 3.02. The largest absolute Gasteiger partial charge is 0.462 e. The number of carbonyl (C=O) groups is 1. The molecule has 1 aliphatic rings. The van der Waals surface area contributed by atoms with Gasteiger partial charge < -0.3 is 4.74 Å². The SMILES string of the molecule is CC.CCCCCCCCCC(=O)OC(C)C1CCCC1. The van der Waals surface area contributed by atoms with Crippen LogP contribution in [-0.4, -0.2) is 12.1 Å². The molecule has 0 spiro atoms. The summed E-state index contributed by atoms with van der Waals surface area (Å²) >= 11 is 0. The molecule has 0 aromatic rings. The maximum absolute atomic E-state index is 11.7. The Balaban J connectivity index is 0.00000191. The topological polar surface area (TPSA) is 26.3 Å². The van der Waals surface area contributed by atoms with E-state index in [-0.39, 0.29) is 12.1 Å². The Kier molecular flexibility index (Phi) is 14.0. The quantitative estimate of drug-likeness (QED) is 0.350. The lowest BCUT2D eigenvalue weighted by atomic mass is 10.0. The minimum atomic E-state index is 0.0213. The van der Waals surface area contributed by atoms with Gasteiger partial charge >= 0.3 is 5.97 Å². The summed E-state index contributed by atoms with van der Waals surface area (Å²) in [5.74, 6) is 0.644. The Labute approximate surface area is 133 Å². The van der Waals surface area contributed by atoms with E-state index >= 15 is 0 Å². The van der Waals surface area contributed by atoms with Crippen LogP contribution in [0.4, 0.5) is 0 Å². The van der Waals surface area contributed by atoms with Gasteiger partial charge in [-0.15, -0.1) is 0 Å². The van der Waals surface area contributed by atoms with E-state index in [9.17, 15) is 4.79 Å². The maximum Gasteiger partial charge on any atom is 0.306 e. The Morgan fingerprint density at radius 3 is 2.10 bits per heavy atom. The van der Waals surface area contributed by atoms with Gasteiger partial charge in [0.1, 0.15) is 6.10 Å². The van der Waals surface area contributed by atoms with E-state index in [1.54, 1.807) is 0 Å². The van der Waals surface area contributed by atoms with Gasteiger partial charge in [0.15, 0.2) is 0 Å². The molecular weight excluding hydrogens is 260 g/mol. The summed E-state index contributed by atoms with van der Waals surface area (Å²) in [6.45, 7) is 8.31. The molecule has 0 bridgehead atoms. The number of esters is 1.